The Bertz CT molecular complexity index is 1010. The van der Waals surface area contributed by atoms with Crippen LogP contribution in [0.3, 0.4) is 0 Å². The van der Waals surface area contributed by atoms with Crippen LogP contribution in [0.25, 0.3) is 11.2 Å². The van der Waals surface area contributed by atoms with Gasteiger partial charge >= 0.3 is 35.6 Å². The average molecular weight is 433 g/mol. The number of fused-ring (bicyclic) bond motifs is 1. The number of rotatable bonds is 8. The van der Waals surface area contributed by atoms with Crippen molar-refractivity contribution < 1.29 is 45.6 Å². The van der Waals surface area contributed by atoms with E-state index in [9.17, 15) is 5.11 Å². The van der Waals surface area contributed by atoms with Crippen molar-refractivity contribution in [1.29, 1.82) is 0 Å². The number of aliphatic hydroxyl groups is 1. The number of aromatic nitrogens is 4. The zero-order valence-corrected chi connectivity index (χ0v) is 20.1. The summed E-state index contributed by atoms with van der Waals surface area (Å²) < 4.78 is 14.1. The minimum atomic E-state index is -0.159. The molecule has 1 saturated heterocycles. The van der Waals surface area contributed by atoms with Gasteiger partial charge in [-0.25, -0.2) is 9.97 Å². The second-order valence-corrected chi connectivity index (χ2v) is 7.34. The van der Waals surface area contributed by atoms with E-state index in [1.807, 2.05) is 47.9 Å². The summed E-state index contributed by atoms with van der Waals surface area (Å²) in [5.74, 6) is 0.626. The molecule has 1 unspecified atom stereocenters. The van der Waals surface area contributed by atoms with Crippen LogP contribution in [0.5, 0.6) is 6.01 Å². The van der Waals surface area contributed by atoms with Gasteiger partial charge in [0.1, 0.15) is 19.2 Å². The maximum Gasteiger partial charge on any atom is 1.00 e. The number of nitrogens with one attached hydrogen (secondary N) is 1. The second-order valence-electron chi connectivity index (χ2n) is 7.34. The van der Waals surface area contributed by atoms with Crippen LogP contribution in [0.2, 0.25) is 0 Å². The van der Waals surface area contributed by atoms with Gasteiger partial charge in [0, 0.05) is 13.2 Å². The molecule has 3 heterocycles. The first kappa shape index (κ1) is 23.7. The van der Waals surface area contributed by atoms with Crippen LogP contribution < -0.4 is 39.6 Å². The van der Waals surface area contributed by atoms with E-state index in [1.54, 1.807) is 0 Å². The molecule has 1 aliphatic heterocycles. The van der Waals surface area contributed by atoms with E-state index in [1.165, 1.54) is 6.33 Å². The molecule has 8 nitrogen and oxygen atoms in total. The largest absolute Gasteiger partial charge is 1.00 e. The Morgan fingerprint density at radius 3 is 2.90 bits per heavy atom. The Morgan fingerprint density at radius 2 is 2.16 bits per heavy atom. The van der Waals surface area contributed by atoms with Crippen LogP contribution in [-0.2, 0) is 11.3 Å². The third-order valence-corrected chi connectivity index (χ3v) is 5.07. The van der Waals surface area contributed by atoms with E-state index in [0.717, 1.165) is 30.4 Å². The van der Waals surface area contributed by atoms with Crippen molar-refractivity contribution in [1.82, 2.24) is 19.5 Å². The minimum Gasteiger partial charge on any atom is -1.00 e. The molecule has 1 aromatic carbocycles. The van der Waals surface area contributed by atoms with Gasteiger partial charge in [0.05, 0.1) is 6.61 Å². The molecular weight excluding hydrogens is 405 g/mol. The van der Waals surface area contributed by atoms with Crippen LogP contribution in [0.1, 0.15) is 39.4 Å². The maximum atomic E-state index is 9.17. The molecule has 9 heteroatoms. The van der Waals surface area contributed by atoms with Crippen molar-refractivity contribution >= 4 is 17.0 Å². The third kappa shape index (κ3) is 5.84. The zero-order valence-electron chi connectivity index (χ0n) is 19.1. The minimum absolute atomic E-state index is 0. The summed E-state index contributed by atoms with van der Waals surface area (Å²) in [4.78, 5) is 13.6. The molecule has 0 spiro atoms. The normalized spacial score (nSPS) is 16.7. The zero-order chi connectivity index (χ0) is 20.8. The molecule has 3 aromatic rings. The fraction of sp³-hybridized carbons (Fsp3) is 0.409. The SMILES string of the molecule is CC(=CCNc1ncnc2c1nc(OCc1ccccc1)n2C1CCCCO1)CO.[H-].[Na+]. The quantitative estimate of drug-likeness (QED) is 0.396. The number of anilines is 1. The van der Waals surface area contributed by atoms with Crippen molar-refractivity contribution in [2.75, 3.05) is 25.1 Å². The van der Waals surface area contributed by atoms with E-state index in [4.69, 9.17) is 14.5 Å². The van der Waals surface area contributed by atoms with E-state index < -0.39 is 0 Å². The summed E-state index contributed by atoms with van der Waals surface area (Å²) in [5, 5.41) is 12.4. The molecule has 0 bridgehead atoms. The predicted molar refractivity (Wildman–Crippen MR) is 115 cm³/mol. The van der Waals surface area contributed by atoms with Crippen molar-refractivity contribution in [3.05, 3.63) is 53.9 Å². The van der Waals surface area contributed by atoms with Gasteiger partial charge in [-0.2, -0.15) is 4.98 Å². The molecule has 160 valence electrons. The summed E-state index contributed by atoms with van der Waals surface area (Å²) in [7, 11) is 0. The molecule has 1 atom stereocenters. The number of hydrogen-bond acceptors (Lipinski definition) is 7. The summed E-state index contributed by atoms with van der Waals surface area (Å²) in [6.07, 6.45) is 6.31. The topological polar surface area (TPSA) is 94.3 Å². The third-order valence-electron chi connectivity index (χ3n) is 5.07. The number of aliphatic hydroxyl groups excluding tert-OH is 1. The molecule has 1 fully saturated rings. The Kier molecular flexibility index (Phi) is 8.86. The van der Waals surface area contributed by atoms with Crippen molar-refractivity contribution in [3.63, 3.8) is 0 Å². The predicted octanol–water partition coefficient (Wildman–Crippen LogP) is 0.571. The van der Waals surface area contributed by atoms with E-state index in [2.05, 4.69) is 15.3 Å². The number of imidazole rings is 1. The Morgan fingerprint density at radius 1 is 1.32 bits per heavy atom. The summed E-state index contributed by atoms with van der Waals surface area (Å²) in [5.41, 5.74) is 3.28. The monoisotopic (exact) mass is 433 g/mol. The summed E-state index contributed by atoms with van der Waals surface area (Å²) >= 11 is 0. The number of nitrogens with zero attached hydrogens (tertiary/aromatic N) is 4. The molecule has 31 heavy (non-hydrogen) atoms. The molecule has 4 rings (SSSR count). The number of benzene rings is 1. The fourth-order valence-electron chi connectivity index (χ4n) is 3.42. The fourth-order valence-corrected chi connectivity index (χ4v) is 3.42. The molecule has 0 amide bonds. The van der Waals surface area contributed by atoms with Crippen molar-refractivity contribution in [2.45, 2.75) is 39.0 Å². The van der Waals surface area contributed by atoms with Gasteiger partial charge in [0.15, 0.2) is 17.0 Å². The molecule has 0 radical (unpaired) electrons. The van der Waals surface area contributed by atoms with Crippen LogP contribution in [0.15, 0.2) is 48.3 Å². The first-order valence-electron chi connectivity index (χ1n) is 10.3. The van der Waals surface area contributed by atoms with Gasteiger partial charge in [-0.05, 0) is 31.7 Å². The molecule has 0 aliphatic carbocycles. The summed E-state index contributed by atoms with van der Waals surface area (Å²) in [6, 6.07) is 10.5. The van der Waals surface area contributed by atoms with Crippen LogP contribution in [0, 0.1) is 0 Å². The molecular formula is C22H28N5NaO3. The van der Waals surface area contributed by atoms with Gasteiger partial charge in [0.25, 0.3) is 0 Å². The Labute approximate surface area is 205 Å². The Hall–Kier alpha value is -1.97. The first-order chi connectivity index (χ1) is 14.8. The number of hydrogen-bond donors (Lipinski definition) is 2. The second kappa shape index (κ2) is 11.6. The Balaban J connectivity index is 0.00000181. The van der Waals surface area contributed by atoms with Gasteiger partial charge in [-0.3, -0.25) is 4.57 Å². The number of ether oxygens (including phenoxy) is 2. The van der Waals surface area contributed by atoms with E-state index in [0.29, 0.717) is 42.8 Å². The smallest absolute Gasteiger partial charge is 1.00 e. The van der Waals surface area contributed by atoms with Crippen LogP contribution in [-0.4, -0.2) is 44.4 Å². The molecule has 1 aliphatic rings. The molecule has 2 aromatic heterocycles. The van der Waals surface area contributed by atoms with Crippen LogP contribution >= 0.6 is 0 Å². The van der Waals surface area contributed by atoms with E-state index >= 15 is 0 Å². The first-order valence-corrected chi connectivity index (χ1v) is 10.3. The van der Waals surface area contributed by atoms with Gasteiger partial charge < -0.3 is 21.3 Å². The average Bonchev–Trinajstić information content (AvgIpc) is 3.18. The molecule has 0 saturated carbocycles. The van der Waals surface area contributed by atoms with Crippen LogP contribution in [0.4, 0.5) is 5.82 Å². The van der Waals surface area contributed by atoms with Gasteiger partial charge in [-0.15, -0.1) is 0 Å². The summed E-state index contributed by atoms with van der Waals surface area (Å²) in [6.45, 7) is 3.56. The van der Waals surface area contributed by atoms with Crippen molar-refractivity contribution in [3.8, 4) is 6.01 Å². The van der Waals surface area contributed by atoms with Gasteiger partial charge in [-0.1, -0.05) is 42.0 Å². The van der Waals surface area contributed by atoms with E-state index in [-0.39, 0.29) is 43.8 Å². The standard InChI is InChI=1S/C22H27N5O3.Na.H/c1-16(13-28)10-11-23-20-19-21(25-15-24-20)27(18-9-5-6-12-29-18)22(26-19)30-14-17-7-3-2-4-8-17;;/h2-4,7-8,10,15,18,28H,5-6,9,11-14H2,1H3,(H,23,24,25);;/q;+1;-1. The van der Waals surface area contributed by atoms with Gasteiger partial charge in [0.2, 0.25) is 0 Å². The van der Waals surface area contributed by atoms with Crippen molar-refractivity contribution in [2.24, 2.45) is 0 Å². The maximum absolute atomic E-state index is 9.17. The molecule has 2 N–H and O–H groups in total.